The molecule has 0 unspecified atom stereocenters. The predicted octanol–water partition coefficient (Wildman–Crippen LogP) is 2.95. The molecule has 0 saturated carbocycles. The molecular formula is C21H16N4O3. The van der Waals surface area contributed by atoms with Gasteiger partial charge in [-0.3, -0.25) is 9.78 Å². The van der Waals surface area contributed by atoms with Gasteiger partial charge >= 0.3 is 0 Å². The average molecular weight is 372 g/mol. The van der Waals surface area contributed by atoms with Crippen LogP contribution in [-0.2, 0) is 6.42 Å². The number of hydrogen-bond acceptors (Lipinski definition) is 6. The number of benzene rings is 2. The number of rotatable bonds is 4. The van der Waals surface area contributed by atoms with Gasteiger partial charge in [0, 0.05) is 24.1 Å². The van der Waals surface area contributed by atoms with Crippen molar-refractivity contribution in [1.82, 2.24) is 15.0 Å². The minimum atomic E-state index is -0.249. The van der Waals surface area contributed by atoms with E-state index in [4.69, 9.17) is 14.7 Å². The van der Waals surface area contributed by atoms with Gasteiger partial charge in [0.25, 0.3) is 5.56 Å². The van der Waals surface area contributed by atoms with Crippen molar-refractivity contribution in [3.63, 3.8) is 0 Å². The van der Waals surface area contributed by atoms with Gasteiger partial charge in [-0.2, -0.15) is 5.26 Å². The number of aromatic amines is 1. The molecule has 0 aliphatic heterocycles. The second-order valence-electron chi connectivity index (χ2n) is 6.28. The fourth-order valence-electron chi connectivity index (χ4n) is 3.13. The molecule has 7 nitrogen and oxygen atoms in total. The molecule has 0 spiro atoms. The van der Waals surface area contributed by atoms with Gasteiger partial charge < -0.3 is 14.5 Å². The van der Waals surface area contributed by atoms with Gasteiger partial charge in [-0.25, -0.2) is 4.98 Å². The molecule has 2 aromatic heterocycles. The summed E-state index contributed by atoms with van der Waals surface area (Å²) >= 11 is 0. The molecule has 0 radical (unpaired) electrons. The fraction of sp³-hybridized carbons (Fsp3) is 0.143. The molecule has 0 fully saturated rings. The third-order valence-corrected chi connectivity index (χ3v) is 4.50. The van der Waals surface area contributed by atoms with Crippen molar-refractivity contribution in [2.75, 3.05) is 14.2 Å². The Balaban J connectivity index is 1.76. The Kier molecular flexibility index (Phi) is 4.38. The molecule has 2 aromatic carbocycles. The van der Waals surface area contributed by atoms with E-state index in [0.29, 0.717) is 40.2 Å². The third-order valence-electron chi connectivity index (χ3n) is 4.50. The lowest BCUT2D eigenvalue weighted by atomic mass is 10.1. The molecular weight excluding hydrogens is 356 g/mol. The first kappa shape index (κ1) is 17.5. The molecule has 138 valence electrons. The van der Waals surface area contributed by atoms with Crippen LogP contribution in [0.15, 0.2) is 47.4 Å². The summed E-state index contributed by atoms with van der Waals surface area (Å²) in [5, 5.41) is 10.4. The normalized spacial score (nSPS) is 10.8. The van der Waals surface area contributed by atoms with E-state index in [1.54, 1.807) is 30.5 Å². The van der Waals surface area contributed by atoms with Crippen LogP contribution in [0.4, 0.5) is 0 Å². The zero-order chi connectivity index (χ0) is 19.7. The van der Waals surface area contributed by atoms with E-state index in [0.717, 1.165) is 16.5 Å². The second-order valence-corrected chi connectivity index (χ2v) is 6.28. The van der Waals surface area contributed by atoms with Crippen LogP contribution >= 0.6 is 0 Å². The summed E-state index contributed by atoms with van der Waals surface area (Å²) in [4.78, 5) is 24.3. The number of hydrogen-bond donors (Lipinski definition) is 1. The van der Waals surface area contributed by atoms with Crippen molar-refractivity contribution < 1.29 is 9.47 Å². The highest BCUT2D eigenvalue weighted by Crippen LogP contribution is 2.30. The highest BCUT2D eigenvalue weighted by atomic mass is 16.5. The van der Waals surface area contributed by atoms with Gasteiger partial charge in [-0.15, -0.1) is 0 Å². The number of nitrogens with zero attached hydrogens (tertiary/aromatic N) is 3. The maximum absolute atomic E-state index is 12.5. The summed E-state index contributed by atoms with van der Waals surface area (Å²) < 4.78 is 10.5. The molecule has 0 aliphatic rings. The zero-order valence-electron chi connectivity index (χ0n) is 15.3. The quantitative estimate of drug-likeness (QED) is 0.591. The Morgan fingerprint density at radius 1 is 1.07 bits per heavy atom. The Labute approximate surface area is 160 Å². The number of H-pyrrole nitrogens is 1. The molecule has 4 rings (SSSR count). The maximum Gasteiger partial charge on any atom is 0.258 e. The minimum Gasteiger partial charge on any atom is -0.493 e. The first-order valence-corrected chi connectivity index (χ1v) is 8.55. The van der Waals surface area contributed by atoms with Crippen LogP contribution < -0.4 is 15.0 Å². The van der Waals surface area contributed by atoms with Crippen molar-refractivity contribution in [3.05, 3.63) is 69.9 Å². The van der Waals surface area contributed by atoms with E-state index in [2.05, 4.69) is 21.0 Å². The maximum atomic E-state index is 12.5. The molecule has 0 saturated heterocycles. The number of nitrogens with one attached hydrogen (secondary N) is 1. The Hall–Kier alpha value is -3.92. The van der Waals surface area contributed by atoms with Crippen LogP contribution in [0.3, 0.4) is 0 Å². The van der Waals surface area contributed by atoms with E-state index in [-0.39, 0.29) is 5.56 Å². The number of pyridine rings is 1. The van der Waals surface area contributed by atoms with Gasteiger partial charge in [0.2, 0.25) is 0 Å². The molecule has 2 heterocycles. The zero-order valence-corrected chi connectivity index (χ0v) is 15.3. The van der Waals surface area contributed by atoms with Crippen molar-refractivity contribution in [3.8, 4) is 17.6 Å². The van der Waals surface area contributed by atoms with E-state index in [9.17, 15) is 4.79 Å². The smallest absolute Gasteiger partial charge is 0.258 e. The molecule has 0 bridgehead atoms. The predicted molar refractivity (Wildman–Crippen MR) is 105 cm³/mol. The van der Waals surface area contributed by atoms with Gasteiger partial charge in [-0.1, -0.05) is 0 Å². The standard InChI is InChI=1S/C21H16N4O3/c1-27-18-8-15-17(9-19(18)28-2)24-20(25-21(15)26)7-13-6-14-5-12(10-22)3-4-16(14)23-11-13/h3-6,8-9,11H,7H2,1-2H3,(H,24,25,26). The number of methoxy groups -OCH3 is 2. The second kappa shape index (κ2) is 7.00. The van der Waals surface area contributed by atoms with E-state index in [1.807, 2.05) is 12.1 Å². The first-order valence-electron chi connectivity index (χ1n) is 8.55. The Morgan fingerprint density at radius 3 is 2.61 bits per heavy atom. The lowest BCUT2D eigenvalue weighted by molar-refractivity contribution is 0.355. The van der Waals surface area contributed by atoms with Crippen LogP contribution in [0.25, 0.3) is 21.8 Å². The van der Waals surface area contributed by atoms with E-state index >= 15 is 0 Å². The average Bonchev–Trinajstić information content (AvgIpc) is 2.72. The van der Waals surface area contributed by atoms with E-state index < -0.39 is 0 Å². The van der Waals surface area contributed by atoms with Crippen molar-refractivity contribution >= 4 is 21.8 Å². The molecule has 0 amide bonds. The monoisotopic (exact) mass is 372 g/mol. The number of ether oxygens (including phenoxy) is 2. The number of nitriles is 1. The van der Waals surface area contributed by atoms with Crippen LogP contribution in [0.5, 0.6) is 11.5 Å². The van der Waals surface area contributed by atoms with Crippen LogP contribution in [0.2, 0.25) is 0 Å². The summed E-state index contributed by atoms with van der Waals surface area (Å²) in [5.41, 5.74) is 2.54. The summed E-state index contributed by atoms with van der Waals surface area (Å²) in [5.74, 6) is 1.50. The van der Waals surface area contributed by atoms with Crippen molar-refractivity contribution in [1.29, 1.82) is 5.26 Å². The minimum absolute atomic E-state index is 0.249. The number of fused-ring (bicyclic) bond motifs is 2. The van der Waals surface area contributed by atoms with Crippen LogP contribution in [0, 0.1) is 11.3 Å². The molecule has 1 N–H and O–H groups in total. The molecule has 4 aromatic rings. The van der Waals surface area contributed by atoms with Crippen LogP contribution in [0.1, 0.15) is 17.0 Å². The Morgan fingerprint density at radius 2 is 1.86 bits per heavy atom. The topological polar surface area (TPSA) is 101 Å². The lowest BCUT2D eigenvalue weighted by Crippen LogP contribution is -2.12. The van der Waals surface area contributed by atoms with Gasteiger partial charge in [0.05, 0.1) is 42.3 Å². The van der Waals surface area contributed by atoms with Crippen molar-refractivity contribution in [2.24, 2.45) is 0 Å². The molecule has 28 heavy (non-hydrogen) atoms. The van der Waals surface area contributed by atoms with Gasteiger partial charge in [0.15, 0.2) is 11.5 Å². The molecule has 7 heteroatoms. The van der Waals surface area contributed by atoms with E-state index in [1.165, 1.54) is 14.2 Å². The fourth-order valence-corrected chi connectivity index (χ4v) is 3.13. The summed E-state index contributed by atoms with van der Waals surface area (Å²) in [6, 6.07) is 12.7. The summed E-state index contributed by atoms with van der Waals surface area (Å²) in [6.07, 6.45) is 2.15. The highest BCUT2D eigenvalue weighted by Gasteiger charge is 2.11. The SMILES string of the molecule is COc1cc2nc(Cc3cnc4ccc(C#N)cc4c3)[nH]c(=O)c2cc1OC. The summed E-state index contributed by atoms with van der Waals surface area (Å²) in [6.45, 7) is 0. The molecule has 0 aliphatic carbocycles. The van der Waals surface area contributed by atoms with Gasteiger partial charge in [-0.05, 0) is 35.9 Å². The van der Waals surface area contributed by atoms with Crippen molar-refractivity contribution in [2.45, 2.75) is 6.42 Å². The van der Waals surface area contributed by atoms with Gasteiger partial charge in [0.1, 0.15) is 5.82 Å². The third kappa shape index (κ3) is 3.12. The first-order chi connectivity index (χ1) is 13.6. The lowest BCUT2D eigenvalue weighted by Gasteiger charge is -2.09. The Bertz CT molecular complexity index is 1310. The number of aromatic nitrogens is 3. The van der Waals surface area contributed by atoms with Crippen LogP contribution in [-0.4, -0.2) is 29.2 Å². The summed E-state index contributed by atoms with van der Waals surface area (Å²) in [7, 11) is 3.05. The highest BCUT2D eigenvalue weighted by molar-refractivity contribution is 5.82. The largest absolute Gasteiger partial charge is 0.493 e. The molecule has 0 atom stereocenters.